The van der Waals surface area contributed by atoms with Gasteiger partial charge in [-0.1, -0.05) is 30.0 Å². The van der Waals surface area contributed by atoms with Crippen LogP contribution >= 0.6 is 0 Å². The Morgan fingerprint density at radius 2 is 2.00 bits per heavy atom. The first-order valence-corrected chi connectivity index (χ1v) is 10.9. The predicted molar refractivity (Wildman–Crippen MR) is 130 cm³/mol. The van der Waals surface area contributed by atoms with Crippen molar-refractivity contribution in [2.45, 2.75) is 6.04 Å². The Morgan fingerprint density at radius 3 is 2.80 bits per heavy atom. The first-order valence-electron chi connectivity index (χ1n) is 10.9. The lowest BCUT2D eigenvalue weighted by molar-refractivity contribution is 0.0938. The third-order valence-corrected chi connectivity index (χ3v) is 5.82. The van der Waals surface area contributed by atoms with Crippen molar-refractivity contribution in [3.05, 3.63) is 95.1 Å². The number of halogens is 1. The van der Waals surface area contributed by atoms with E-state index in [1.54, 1.807) is 29.9 Å². The van der Waals surface area contributed by atoms with Gasteiger partial charge in [-0.25, -0.2) is 4.39 Å². The number of aryl methyl sites for hydroxylation is 1. The Labute approximate surface area is 199 Å². The Bertz CT molecular complexity index is 1610. The molecule has 5 rings (SSSR count). The van der Waals surface area contributed by atoms with Crippen LogP contribution in [-0.4, -0.2) is 37.5 Å². The van der Waals surface area contributed by atoms with Crippen molar-refractivity contribution in [2.75, 3.05) is 6.61 Å². The second kappa shape index (κ2) is 8.97. The summed E-state index contributed by atoms with van der Waals surface area (Å²) in [7, 11) is 1.72. The number of nitrogens with zero attached hydrogens (tertiary/aromatic N) is 2. The van der Waals surface area contributed by atoms with Gasteiger partial charge in [0, 0.05) is 34.8 Å². The maximum absolute atomic E-state index is 14.1. The predicted octanol–water partition coefficient (Wildman–Crippen LogP) is 3.76. The van der Waals surface area contributed by atoms with Crippen molar-refractivity contribution in [3.8, 4) is 17.6 Å². The van der Waals surface area contributed by atoms with E-state index in [1.165, 1.54) is 12.1 Å². The van der Waals surface area contributed by atoms with Gasteiger partial charge in [-0.2, -0.15) is 5.10 Å². The molecule has 1 amide bonds. The Hall–Kier alpha value is -4.61. The van der Waals surface area contributed by atoms with Crippen LogP contribution in [0, 0.1) is 17.7 Å². The number of benzene rings is 3. The summed E-state index contributed by atoms with van der Waals surface area (Å²) in [6.07, 6.45) is 0. The SMILES string of the molecule is Cn1nc(C(=O)NC(c2cc3ccccc3[nH]2)c2cc(F)ccc2O)c2ccc(C#CCO)cc21. The number of phenolic OH excluding ortho intramolecular Hbond substituents is 1. The zero-order valence-electron chi connectivity index (χ0n) is 18.7. The van der Waals surface area contributed by atoms with E-state index in [9.17, 15) is 14.3 Å². The molecule has 5 aromatic rings. The van der Waals surface area contributed by atoms with Crippen molar-refractivity contribution in [2.24, 2.45) is 7.05 Å². The maximum atomic E-state index is 14.1. The number of aromatic hydroxyl groups is 1. The number of phenols is 1. The number of nitrogens with one attached hydrogen (secondary N) is 2. The number of aromatic amines is 1. The second-order valence-electron chi connectivity index (χ2n) is 8.09. The van der Waals surface area contributed by atoms with E-state index < -0.39 is 17.8 Å². The van der Waals surface area contributed by atoms with E-state index in [4.69, 9.17) is 5.11 Å². The molecule has 0 fully saturated rings. The van der Waals surface area contributed by atoms with Crippen LogP contribution in [-0.2, 0) is 7.05 Å². The summed E-state index contributed by atoms with van der Waals surface area (Å²) in [5, 5.41) is 28.3. The van der Waals surface area contributed by atoms with Gasteiger partial charge in [0.25, 0.3) is 5.91 Å². The van der Waals surface area contributed by atoms with Gasteiger partial charge >= 0.3 is 0 Å². The molecular weight excluding hydrogens is 447 g/mol. The molecule has 35 heavy (non-hydrogen) atoms. The summed E-state index contributed by atoms with van der Waals surface area (Å²) < 4.78 is 15.7. The highest BCUT2D eigenvalue weighted by molar-refractivity contribution is 6.05. The average molecular weight is 468 g/mol. The molecule has 0 aliphatic rings. The van der Waals surface area contributed by atoms with Crippen LogP contribution < -0.4 is 5.32 Å². The number of hydrogen-bond acceptors (Lipinski definition) is 4. The number of para-hydroxylation sites is 1. The van der Waals surface area contributed by atoms with E-state index in [2.05, 4.69) is 27.2 Å². The molecule has 0 aliphatic heterocycles. The third-order valence-electron chi connectivity index (χ3n) is 5.82. The third kappa shape index (κ3) is 4.21. The maximum Gasteiger partial charge on any atom is 0.273 e. The normalized spacial score (nSPS) is 11.9. The van der Waals surface area contributed by atoms with Gasteiger partial charge in [-0.05, 0) is 53.9 Å². The van der Waals surface area contributed by atoms with Crippen molar-refractivity contribution in [3.63, 3.8) is 0 Å². The number of fused-ring (bicyclic) bond motifs is 2. The van der Waals surface area contributed by atoms with Crippen molar-refractivity contribution >= 4 is 27.7 Å². The molecule has 0 saturated heterocycles. The number of carbonyl (C=O) groups excluding carboxylic acids is 1. The standard InChI is InChI=1S/C27H21FN4O3/c1-32-23-13-16(5-4-12-33)8-10-19(23)26(31-32)27(35)30-25(20-15-18(28)9-11-24(20)34)22-14-17-6-2-3-7-21(17)29-22/h2-3,6-11,13-15,25,29,33-34H,12H2,1H3,(H,30,35). The highest BCUT2D eigenvalue weighted by Gasteiger charge is 2.25. The lowest BCUT2D eigenvalue weighted by atomic mass is 10.0. The number of aliphatic hydroxyl groups excluding tert-OH is 1. The highest BCUT2D eigenvalue weighted by atomic mass is 19.1. The topological polar surface area (TPSA) is 103 Å². The molecule has 2 aromatic heterocycles. The molecule has 7 nitrogen and oxygen atoms in total. The minimum Gasteiger partial charge on any atom is -0.508 e. The first-order chi connectivity index (χ1) is 16.9. The molecular formula is C27H21FN4O3. The number of carbonyl (C=O) groups is 1. The lowest BCUT2D eigenvalue weighted by Crippen LogP contribution is -2.30. The van der Waals surface area contributed by atoms with Crippen molar-refractivity contribution in [1.82, 2.24) is 20.1 Å². The van der Waals surface area contributed by atoms with E-state index in [0.29, 0.717) is 22.2 Å². The molecule has 1 unspecified atom stereocenters. The Morgan fingerprint density at radius 1 is 1.17 bits per heavy atom. The zero-order valence-corrected chi connectivity index (χ0v) is 18.7. The molecule has 174 valence electrons. The zero-order chi connectivity index (χ0) is 24.5. The van der Waals surface area contributed by atoms with Gasteiger partial charge in [-0.3, -0.25) is 9.48 Å². The molecule has 4 N–H and O–H groups in total. The molecule has 3 aromatic carbocycles. The Kier molecular flexibility index (Phi) is 5.69. The first kappa shape index (κ1) is 22.2. The summed E-state index contributed by atoms with van der Waals surface area (Å²) in [5.74, 6) is 4.27. The van der Waals surface area contributed by atoms with Crippen molar-refractivity contribution < 1.29 is 19.4 Å². The van der Waals surface area contributed by atoms with Crippen molar-refractivity contribution in [1.29, 1.82) is 0 Å². The minimum atomic E-state index is -0.864. The van der Waals surface area contributed by atoms with E-state index in [-0.39, 0.29) is 23.6 Å². The fraction of sp³-hybridized carbons (Fsp3) is 0.111. The number of hydrogen-bond donors (Lipinski definition) is 4. The van der Waals surface area contributed by atoms with E-state index in [0.717, 1.165) is 17.0 Å². The molecule has 0 bridgehead atoms. The molecule has 1 atom stereocenters. The quantitative estimate of drug-likeness (QED) is 0.302. The summed E-state index contributed by atoms with van der Waals surface area (Å²) in [4.78, 5) is 16.7. The molecule has 8 heteroatoms. The average Bonchev–Trinajstić information content (AvgIpc) is 3.44. The van der Waals surface area contributed by atoms with Crippen LogP contribution in [0.5, 0.6) is 5.75 Å². The number of rotatable bonds is 4. The molecule has 0 radical (unpaired) electrons. The number of amides is 1. The largest absolute Gasteiger partial charge is 0.508 e. The fourth-order valence-electron chi connectivity index (χ4n) is 4.17. The van der Waals surface area contributed by atoms with E-state index in [1.807, 2.05) is 30.3 Å². The minimum absolute atomic E-state index is 0.145. The number of H-pyrrole nitrogens is 1. The van der Waals surface area contributed by atoms with Gasteiger partial charge in [0.1, 0.15) is 18.2 Å². The van der Waals surface area contributed by atoms with Crippen LogP contribution in [0.3, 0.4) is 0 Å². The summed E-state index contributed by atoms with van der Waals surface area (Å²) in [5.41, 5.74) is 3.20. The molecule has 2 heterocycles. The number of aromatic nitrogens is 3. The smallest absolute Gasteiger partial charge is 0.273 e. The van der Waals surface area contributed by atoms with E-state index >= 15 is 0 Å². The van der Waals surface area contributed by atoms with Crippen LogP contribution in [0.25, 0.3) is 21.8 Å². The van der Waals surface area contributed by atoms with Gasteiger partial charge < -0.3 is 20.5 Å². The summed E-state index contributed by atoms with van der Waals surface area (Å²) >= 11 is 0. The van der Waals surface area contributed by atoms with Gasteiger partial charge in [0.05, 0.1) is 11.6 Å². The van der Waals surface area contributed by atoms with Crippen LogP contribution in [0.15, 0.2) is 66.7 Å². The lowest BCUT2D eigenvalue weighted by Gasteiger charge is -2.19. The molecule has 0 spiro atoms. The molecule has 0 saturated carbocycles. The Balaban J connectivity index is 1.57. The van der Waals surface area contributed by atoms with Crippen LogP contribution in [0.4, 0.5) is 4.39 Å². The second-order valence-corrected chi connectivity index (χ2v) is 8.09. The highest BCUT2D eigenvalue weighted by Crippen LogP contribution is 2.32. The fourth-order valence-corrected chi connectivity index (χ4v) is 4.17. The van der Waals surface area contributed by atoms with Crippen LogP contribution in [0.2, 0.25) is 0 Å². The monoisotopic (exact) mass is 468 g/mol. The van der Waals surface area contributed by atoms with Gasteiger partial charge in [-0.15, -0.1) is 0 Å². The number of aliphatic hydroxyl groups is 1. The summed E-state index contributed by atoms with van der Waals surface area (Å²) in [6, 6.07) is 17.5. The molecule has 0 aliphatic carbocycles. The van der Waals surface area contributed by atoms with Gasteiger partial charge in [0.2, 0.25) is 0 Å². The van der Waals surface area contributed by atoms with Gasteiger partial charge in [0.15, 0.2) is 5.69 Å². The summed E-state index contributed by atoms with van der Waals surface area (Å²) in [6.45, 7) is -0.251. The van der Waals surface area contributed by atoms with Crippen LogP contribution in [0.1, 0.15) is 33.4 Å².